The minimum Gasteiger partial charge on any atom is -0.383 e. The van der Waals surface area contributed by atoms with Crippen molar-refractivity contribution in [3.05, 3.63) is 47.3 Å². The van der Waals surface area contributed by atoms with Gasteiger partial charge in [0.2, 0.25) is 5.91 Å². The number of carbonyl (C=O) groups excluding carboxylic acids is 1. The lowest BCUT2D eigenvalue weighted by Gasteiger charge is -2.35. The van der Waals surface area contributed by atoms with Crippen LogP contribution in [0.2, 0.25) is 0 Å². The third-order valence-electron chi connectivity index (χ3n) is 3.98. The zero-order valence-electron chi connectivity index (χ0n) is 13.4. The van der Waals surface area contributed by atoms with Gasteiger partial charge in [0.25, 0.3) is 0 Å². The summed E-state index contributed by atoms with van der Waals surface area (Å²) in [5.41, 5.74) is 0.914. The quantitative estimate of drug-likeness (QED) is 0.850. The van der Waals surface area contributed by atoms with Crippen LogP contribution in [0.1, 0.15) is 6.42 Å². The topological polar surface area (TPSA) is 61.4 Å². The lowest BCUT2D eigenvalue weighted by atomic mass is 10.2. The van der Waals surface area contributed by atoms with Crippen LogP contribution in [-0.2, 0) is 4.79 Å². The van der Waals surface area contributed by atoms with Crippen molar-refractivity contribution in [3.8, 4) is 0 Å². The van der Waals surface area contributed by atoms with Gasteiger partial charge >= 0.3 is 0 Å². The molecule has 0 aromatic carbocycles. The molecule has 0 bridgehead atoms. The van der Waals surface area contributed by atoms with Crippen LogP contribution >= 0.6 is 15.9 Å². The Morgan fingerprint density at radius 1 is 1.21 bits per heavy atom. The van der Waals surface area contributed by atoms with Gasteiger partial charge < -0.3 is 15.1 Å². The Balaban J connectivity index is 1.42. The average molecular weight is 390 g/mol. The first kappa shape index (κ1) is 16.7. The van der Waals surface area contributed by atoms with Crippen LogP contribution < -0.4 is 10.2 Å². The molecule has 126 valence electrons. The van der Waals surface area contributed by atoms with Gasteiger partial charge in [0.05, 0.1) is 11.9 Å². The van der Waals surface area contributed by atoms with Crippen LogP contribution in [0.4, 0.5) is 11.5 Å². The first-order valence-electron chi connectivity index (χ1n) is 8.00. The molecular weight excluding hydrogens is 370 g/mol. The minimum absolute atomic E-state index is 0.186. The number of amides is 1. The Kier molecular flexibility index (Phi) is 5.63. The molecule has 1 amide bonds. The van der Waals surface area contributed by atoms with E-state index in [2.05, 4.69) is 36.1 Å². The molecule has 0 spiro atoms. The molecule has 1 fully saturated rings. The molecule has 24 heavy (non-hydrogen) atoms. The zero-order valence-corrected chi connectivity index (χ0v) is 14.9. The lowest BCUT2D eigenvalue weighted by Crippen LogP contribution is -2.49. The summed E-state index contributed by atoms with van der Waals surface area (Å²) < 4.78 is 0.921. The number of hydrogen-bond donors (Lipinski definition) is 1. The largest absolute Gasteiger partial charge is 0.383 e. The Labute approximate surface area is 150 Å². The summed E-state index contributed by atoms with van der Waals surface area (Å²) in [6.45, 7) is 3.75. The van der Waals surface area contributed by atoms with E-state index < -0.39 is 0 Å². The van der Waals surface area contributed by atoms with Crippen molar-refractivity contribution in [1.82, 2.24) is 14.9 Å². The van der Waals surface area contributed by atoms with Gasteiger partial charge in [-0.1, -0.05) is 6.07 Å². The van der Waals surface area contributed by atoms with E-state index in [4.69, 9.17) is 0 Å². The fraction of sp³-hybridized carbons (Fsp3) is 0.353. The van der Waals surface area contributed by atoms with Crippen molar-refractivity contribution in [1.29, 1.82) is 0 Å². The SMILES string of the molecule is O=C(CCNc1cncc(Br)c1)N1CCN(c2ccccn2)CC1. The number of aromatic nitrogens is 2. The summed E-state index contributed by atoms with van der Waals surface area (Å²) in [4.78, 5) is 24.9. The maximum atomic E-state index is 12.3. The fourth-order valence-electron chi connectivity index (χ4n) is 2.71. The molecule has 0 radical (unpaired) electrons. The molecule has 3 heterocycles. The molecule has 1 saturated heterocycles. The van der Waals surface area contributed by atoms with E-state index in [1.807, 2.05) is 29.2 Å². The molecule has 0 aliphatic carbocycles. The second-order valence-corrected chi connectivity index (χ2v) is 6.54. The number of pyridine rings is 2. The van der Waals surface area contributed by atoms with E-state index in [1.165, 1.54) is 0 Å². The van der Waals surface area contributed by atoms with Gasteiger partial charge in [0.15, 0.2) is 0 Å². The molecule has 3 rings (SSSR count). The van der Waals surface area contributed by atoms with Crippen LogP contribution in [0.5, 0.6) is 0 Å². The van der Waals surface area contributed by atoms with Crippen LogP contribution in [0.15, 0.2) is 47.3 Å². The highest BCUT2D eigenvalue weighted by atomic mass is 79.9. The third-order valence-corrected chi connectivity index (χ3v) is 4.41. The zero-order chi connectivity index (χ0) is 16.8. The summed E-state index contributed by atoms with van der Waals surface area (Å²) in [5, 5.41) is 3.23. The highest BCUT2D eigenvalue weighted by molar-refractivity contribution is 9.10. The highest BCUT2D eigenvalue weighted by Crippen LogP contribution is 2.15. The van der Waals surface area contributed by atoms with Gasteiger partial charge in [0, 0.05) is 56.0 Å². The number of piperazine rings is 1. The van der Waals surface area contributed by atoms with Crippen LogP contribution in [-0.4, -0.2) is 53.5 Å². The predicted octanol–water partition coefficient (Wildman–Crippen LogP) is 2.39. The molecule has 2 aromatic rings. The summed E-state index contributed by atoms with van der Waals surface area (Å²) >= 11 is 3.38. The van der Waals surface area contributed by atoms with Crippen molar-refractivity contribution >= 4 is 33.3 Å². The first-order chi connectivity index (χ1) is 11.7. The second kappa shape index (κ2) is 8.10. The van der Waals surface area contributed by atoms with Crippen molar-refractivity contribution < 1.29 is 4.79 Å². The van der Waals surface area contributed by atoms with Crippen molar-refractivity contribution in [2.24, 2.45) is 0 Å². The van der Waals surface area contributed by atoms with Gasteiger partial charge in [0.1, 0.15) is 5.82 Å². The molecule has 2 aromatic heterocycles. The molecule has 0 unspecified atom stereocenters. The van der Waals surface area contributed by atoms with Gasteiger partial charge in [-0.15, -0.1) is 0 Å². The maximum Gasteiger partial charge on any atom is 0.224 e. The van der Waals surface area contributed by atoms with E-state index in [1.54, 1.807) is 18.6 Å². The van der Waals surface area contributed by atoms with Crippen molar-refractivity contribution in [3.63, 3.8) is 0 Å². The normalized spacial score (nSPS) is 14.5. The van der Waals surface area contributed by atoms with Crippen molar-refractivity contribution in [2.45, 2.75) is 6.42 Å². The van der Waals surface area contributed by atoms with E-state index in [-0.39, 0.29) is 5.91 Å². The smallest absolute Gasteiger partial charge is 0.224 e. The molecule has 1 aliphatic rings. The molecule has 0 atom stereocenters. The number of rotatable bonds is 5. The Bertz CT molecular complexity index is 674. The average Bonchev–Trinajstić information content (AvgIpc) is 2.63. The summed E-state index contributed by atoms with van der Waals surface area (Å²) in [6, 6.07) is 7.86. The monoisotopic (exact) mass is 389 g/mol. The Hall–Kier alpha value is -2.15. The highest BCUT2D eigenvalue weighted by Gasteiger charge is 2.21. The van der Waals surface area contributed by atoms with Crippen LogP contribution in [0.25, 0.3) is 0 Å². The summed E-state index contributed by atoms with van der Waals surface area (Å²) in [7, 11) is 0. The van der Waals surface area contributed by atoms with Gasteiger partial charge in [-0.05, 0) is 34.1 Å². The predicted molar refractivity (Wildman–Crippen MR) is 98.1 cm³/mol. The second-order valence-electron chi connectivity index (χ2n) is 5.62. The van der Waals surface area contributed by atoms with E-state index >= 15 is 0 Å². The number of halogens is 1. The maximum absolute atomic E-state index is 12.3. The number of nitrogens with one attached hydrogen (secondary N) is 1. The molecule has 6 nitrogen and oxygen atoms in total. The third kappa shape index (κ3) is 4.44. The minimum atomic E-state index is 0.186. The summed E-state index contributed by atoms with van der Waals surface area (Å²) in [6.07, 6.45) is 5.77. The Morgan fingerprint density at radius 3 is 2.75 bits per heavy atom. The lowest BCUT2D eigenvalue weighted by molar-refractivity contribution is -0.131. The van der Waals surface area contributed by atoms with E-state index in [0.717, 1.165) is 42.2 Å². The van der Waals surface area contributed by atoms with Crippen molar-refractivity contribution in [2.75, 3.05) is 42.9 Å². The standard InChI is InChI=1S/C17H20BrN5O/c18-14-11-15(13-19-12-14)20-6-4-17(24)23-9-7-22(8-10-23)16-3-1-2-5-21-16/h1-3,5,11-13,20H,4,6-10H2. The number of carbonyl (C=O) groups is 1. The van der Waals surface area contributed by atoms with Crippen LogP contribution in [0.3, 0.4) is 0 Å². The number of nitrogens with zero attached hydrogens (tertiary/aromatic N) is 4. The molecule has 7 heteroatoms. The molecule has 1 aliphatic heterocycles. The van der Waals surface area contributed by atoms with Crippen LogP contribution in [0, 0.1) is 0 Å². The van der Waals surface area contributed by atoms with E-state index in [0.29, 0.717) is 13.0 Å². The molecule has 1 N–H and O–H groups in total. The fourth-order valence-corrected chi connectivity index (χ4v) is 3.07. The van der Waals surface area contributed by atoms with Gasteiger partial charge in [-0.2, -0.15) is 0 Å². The van der Waals surface area contributed by atoms with E-state index in [9.17, 15) is 4.79 Å². The summed E-state index contributed by atoms with van der Waals surface area (Å²) in [5.74, 6) is 1.17. The molecule has 0 saturated carbocycles. The number of anilines is 2. The first-order valence-corrected chi connectivity index (χ1v) is 8.80. The molecular formula is C17H20BrN5O. The number of hydrogen-bond acceptors (Lipinski definition) is 5. The van der Waals surface area contributed by atoms with Gasteiger partial charge in [-0.3, -0.25) is 9.78 Å². The Morgan fingerprint density at radius 2 is 2.04 bits per heavy atom. The van der Waals surface area contributed by atoms with Gasteiger partial charge in [-0.25, -0.2) is 4.98 Å².